The molecule has 0 saturated carbocycles. The highest BCUT2D eigenvalue weighted by Crippen LogP contribution is 2.24. The summed E-state index contributed by atoms with van der Waals surface area (Å²) in [4.78, 5) is 12.5. The molecule has 0 unspecified atom stereocenters. The zero-order chi connectivity index (χ0) is 22.3. The fourth-order valence-electron chi connectivity index (χ4n) is 3.28. The third-order valence-corrected chi connectivity index (χ3v) is 5.03. The Balaban J connectivity index is 1.43. The number of nitrogens with zero attached hydrogens (tertiary/aromatic N) is 3. The van der Waals surface area contributed by atoms with Crippen LogP contribution in [0.2, 0.25) is 0 Å². The van der Waals surface area contributed by atoms with Crippen molar-refractivity contribution >= 4 is 5.97 Å². The van der Waals surface area contributed by atoms with E-state index in [0.29, 0.717) is 17.8 Å². The lowest BCUT2D eigenvalue weighted by Crippen LogP contribution is -2.08. The van der Waals surface area contributed by atoms with Gasteiger partial charge >= 0.3 is 5.97 Å². The average Bonchev–Trinajstić information content (AvgIpc) is 3.33. The highest BCUT2D eigenvalue weighted by atomic mass is 16.5. The summed E-state index contributed by atoms with van der Waals surface area (Å²) in [6.45, 7) is 0.266. The van der Waals surface area contributed by atoms with Crippen molar-refractivity contribution < 1.29 is 19.4 Å². The molecule has 0 saturated heterocycles. The van der Waals surface area contributed by atoms with Gasteiger partial charge in [-0.3, -0.25) is 0 Å². The standard InChI is InChI=1S/C25H23N3O4/c1-31-21-12-9-19(10-13-21)23-17-28(27-26-23)20-11-14-24(29)22(16-20)25(30)32-15-5-8-18-6-3-2-4-7-18/h2-4,6-7,9-14,16-17,29H,5,8,15H2,1H3. The Labute approximate surface area is 185 Å². The molecule has 1 heterocycles. The highest BCUT2D eigenvalue weighted by molar-refractivity contribution is 5.93. The summed E-state index contributed by atoms with van der Waals surface area (Å²) in [6, 6.07) is 22.1. The highest BCUT2D eigenvalue weighted by Gasteiger charge is 2.15. The number of phenols is 1. The lowest BCUT2D eigenvalue weighted by atomic mass is 10.1. The van der Waals surface area contributed by atoms with Gasteiger partial charge in [0, 0.05) is 5.56 Å². The van der Waals surface area contributed by atoms with Crippen molar-refractivity contribution in [1.29, 1.82) is 0 Å². The van der Waals surface area contributed by atoms with E-state index in [0.717, 1.165) is 17.7 Å². The van der Waals surface area contributed by atoms with Crippen LogP contribution in [0.1, 0.15) is 22.3 Å². The summed E-state index contributed by atoms with van der Waals surface area (Å²) < 4.78 is 12.1. The van der Waals surface area contributed by atoms with Crippen LogP contribution in [-0.2, 0) is 11.2 Å². The van der Waals surface area contributed by atoms with Crippen LogP contribution in [0, 0.1) is 0 Å². The number of methoxy groups -OCH3 is 1. The fraction of sp³-hybridized carbons (Fsp3) is 0.160. The molecule has 0 aliphatic carbocycles. The van der Waals surface area contributed by atoms with E-state index < -0.39 is 5.97 Å². The summed E-state index contributed by atoms with van der Waals surface area (Å²) >= 11 is 0. The maximum absolute atomic E-state index is 12.5. The van der Waals surface area contributed by atoms with Gasteiger partial charge in [0.2, 0.25) is 0 Å². The Hall–Kier alpha value is -4.13. The minimum absolute atomic E-state index is 0.0868. The van der Waals surface area contributed by atoms with Crippen molar-refractivity contribution in [3.63, 3.8) is 0 Å². The normalized spacial score (nSPS) is 10.7. The largest absolute Gasteiger partial charge is 0.507 e. The van der Waals surface area contributed by atoms with E-state index >= 15 is 0 Å². The Morgan fingerprint density at radius 3 is 2.56 bits per heavy atom. The number of phenolic OH excluding ortho intramolecular Hbond substituents is 1. The van der Waals surface area contributed by atoms with Gasteiger partial charge in [-0.1, -0.05) is 35.5 Å². The van der Waals surface area contributed by atoms with Crippen LogP contribution < -0.4 is 4.74 Å². The minimum Gasteiger partial charge on any atom is -0.507 e. The van der Waals surface area contributed by atoms with Gasteiger partial charge in [-0.05, 0) is 60.9 Å². The SMILES string of the molecule is COc1ccc(-c2cn(-c3ccc(O)c(C(=O)OCCCc4ccccc4)c3)nn2)cc1. The summed E-state index contributed by atoms with van der Waals surface area (Å²) in [5, 5.41) is 18.5. The summed E-state index contributed by atoms with van der Waals surface area (Å²) in [6.07, 6.45) is 3.26. The van der Waals surface area contributed by atoms with E-state index in [-0.39, 0.29) is 17.9 Å². The molecule has 0 atom stereocenters. The summed E-state index contributed by atoms with van der Waals surface area (Å²) in [5.41, 5.74) is 3.42. The zero-order valence-electron chi connectivity index (χ0n) is 17.6. The van der Waals surface area contributed by atoms with E-state index in [1.165, 1.54) is 11.6 Å². The van der Waals surface area contributed by atoms with Crippen LogP contribution >= 0.6 is 0 Å². The summed E-state index contributed by atoms with van der Waals surface area (Å²) in [5.74, 6) is 0.0387. The van der Waals surface area contributed by atoms with Crippen LogP contribution in [0.15, 0.2) is 79.0 Å². The maximum atomic E-state index is 12.5. The Kier molecular flexibility index (Phi) is 6.46. The molecule has 0 amide bonds. The van der Waals surface area contributed by atoms with E-state index in [2.05, 4.69) is 10.3 Å². The van der Waals surface area contributed by atoms with E-state index in [1.54, 1.807) is 30.1 Å². The van der Waals surface area contributed by atoms with Gasteiger partial charge in [0.05, 0.1) is 25.6 Å². The van der Waals surface area contributed by atoms with Crippen molar-refractivity contribution in [1.82, 2.24) is 15.0 Å². The van der Waals surface area contributed by atoms with Crippen molar-refractivity contribution in [3.05, 3.63) is 90.1 Å². The van der Waals surface area contributed by atoms with E-state index in [1.807, 2.05) is 54.6 Å². The van der Waals surface area contributed by atoms with Gasteiger partial charge in [0.1, 0.15) is 22.8 Å². The van der Waals surface area contributed by atoms with Crippen LogP contribution in [0.25, 0.3) is 16.9 Å². The molecule has 1 aromatic heterocycles. The molecule has 1 N–H and O–H groups in total. The molecular formula is C25H23N3O4. The van der Waals surface area contributed by atoms with Crippen molar-refractivity contribution in [2.75, 3.05) is 13.7 Å². The first kappa shape index (κ1) is 21.1. The van der Waals surface area contributed by atoms with E-state index in [4.69, 9.17) is 9.47 Å². The molecule has 0 radical (unpaired) electrons. The molecular weight excluding hydrogens is 406 g/mol. The number of rotatable bonds is 8. The van der Waals surface area contributed by atoms with Gasteiger partial charge in [-0.2, -0.15) is 0 Å². The average molecular weight is 429 g/mol. The lowest BCUT2D eigenvalue weighted by molar-refractivity contribution is 0.0497. The molecule has 4 rings (SSSR count). The minimum atomic E-state index is -0.576. The first-order chi connectivity index (χ1) is 15.6. The van der Waals surface area contributed by atoms with Crippen molar-refractivity contribution in [2.24, 2.45) is 0 Å². The van der Waals surface area contributed by atoms with Crippen LogP contribution in [0.5, 0.6) is 11.5 Å². The fourth-order valence-corrected chi connectivity index (χ4v) is 3.28. The number of hydrogen-bond donors (Lipinski definition) is 1. The third kappa shape index (κ3) is 4.95. The van der Waals surface area contributed by atoms with Crippen LogP contribution in [0.3, 0.4) is 0 Å². The molecule has 0 spiro atoms. The predicted molar refractivity (Wildman–Crippen MR) is 120 cm³/mol. The number of aromatic nitrogens is 3. The second-order valence-corrected chi connectivity index (χ2v) is 7.20. The Morgan fingerprint density at radius 2 is 1.81 bits per heavy atom. The van der Waals surface area contributed by atoms with E-state index in [9.17, 15) is 9.90 Å². The topological polar surface area (TPSA) is 86.5 Å². The lowest BCUT2D eigenvalue weighted by Gasteiger charge is -2.08. The predicted octanol–water partition coefficient (Wildman–Crippen LogP) is 4.44. The molecule has 0 aliphatic heterocycles. The first-order valence-electron chi connectivity index (χ1n) is 10.3. The second kappa shape index (κ2) is 9.78. The first-order valence-corrected chi connectivity index (χ1v) is 10.3. The molecule has 0 aliphatic rings. The van der Waals surface area contributed by atoms with Gasteiger partial charge in [-0.25, -0.2) is 9.48 Å². The number of carbonyl (C=O) groups is 1. The molecule has 3 aromatic carbocycles. The second-order valence-electron chi connectivity index (χ2n) is 7.20. The Morgan fingerprint density at radius 1 is 1.03 bits per heavy atom. The molecule has 7 heteroatoms. The summed E-state index contributed by atoms with van der Waals surface area (Å²) in [7, 11) is 1.61. The molecule has 32 heavy (non-hydrogen) atoms. The molecule has 7 nitrogen and oxygen atoms in total. The number of carbonyl (C=O) groups excluding carboxylic acids is 1. The van der Waals surface area contributed by atoms with Gasteiger partial charge < -0.3 is 14.6 Å². The van der Waals surface area contributed by atoms with Gasteiger partial charge in [0.25, 0.3) is 0 Å². The molecule has 162 valence electrons. The Bertz CT molecular complexity index is 1190. The number of aromatic hydroxyl groups is 1. The van der Waals surface area contributed by atoms with Crippen molar-refractivity contribution in [3.8, 4) is 28.4 Å². The molecule has 0 fully saturated rings. The number of esters is 1. The van der Waals surface area contributed by atoms with Crippen LogP contribution in [0.4, 0.5) is 0 Å². The van der Waals surface area contributed by atoms with Crippen LogP contribution in [-0.4, -0.2) is 39.8 Å². The van der Waals surface area contributed by atoms with Crippen molar-refractivity contribution in [2.45, 2.75) is 12.8 Å². The quantitative estimate of drug-likeness (QED) is 0.329. The van der Waals surface area contributed by atoms with Gasteiger partial charge in [-0.15, -0.1) is 5.10 Å². The zero-order valence-corrected chi connectivity index (χ0v) is 17.6. The smallest absolute Gasteiger partial charge is 0.341 e. The number of aryl methyl sites for hydroxylation is 1. The molecule has 0 bridgehead atoms. The number of ether oxygens (including phenoxy) is 2. The molecule has 4 aromatic rings. The van der Waals surface area contributed by atoms with Gasteiger partial charge in [0.15, 0.2) is 0 Å². The maximum Gasteiger partial charge on any atom is 0.341 e. The number of benzene rings is 3. The third-order valence-electron chi connectivity index (χ3n) is 5.03. The number of hydrogen-bond acceptors (Lipinski definition) is 6. The monoisotopic (exact) mass is 429 g/mol.